The van der Waals surface area contributed by atoms with Crippen molar-refractivity contribution in [3.63, 3.8) is 0 Å². The van der Waals surface area contributed by atoms with Crippen LogP contribution in [0.2, 0.25) is 5.02 Å². The summed E-state index contributed by atoms with van der Waals surface area (Å²) in [5, 5.41) is 17.8. The summed E-state index contributed by atoms with van der Waals surface area (Å²) in [4.78, 5) is 24.5. The summed E-state index contributed by atoms with van der Waals surface area (Å²) in [5.41, 5.74) is 3.97. The number of benzene rings is 3. The van der Waals surface area contributed by atoms with Gasteiger partial charge in [0.2, 0.25) is 0 Å². The summed E-state index contributed by atoms with van der Waals surface area (Å²) in [6.07, 6.45) is 4.91. The standard InChI is InChI=1S/C27H22ClN3O3/c28-24-15-14-21(31(33)34)17-23(24)27(32)30-26(19-10-5-2-6-11-19)22-13-7-12-20(25(22)29-30)16-18-8-3-1-4-9-18/h1-6,8-11,14-17,22,26H,7,12-13H2/b20-16+/t22-,26+/m1/s1. The minimum absolute atomic E-state index is 0.0348. The molecule has 3 aromatic carbocycles. The van der Waals surface area contributed by atoms with Gasteiger partial charge in [0.05, 0.1) is 27.3 Å². The van der Waals surface area contributed by atoms with E-state index in [-0.39, 0.29) is 28.2 Å². The van der Waals surface area contributed by atoms with E-state index in [1.54, 1.807) is 0 Å². The first-order valence-electron chi connectivity index (χ1n) is 11.2. The van der Waals surface area contributed by atoms with Crippen LogP contribution in [0.5, 0.6) is 0 Å². The molecular weight excluding hydrogens is 450 g/mol. The van der Waals surface area contributed by atoms with Crippen molar-refractivity contribution in [1.29, 1.82) is 0 Å². The summed E-state index contributed by atoms with van der Waals surface area (Å²) in [6.45, 7) is 0. The van der Waals surface area contributed by atoms with Crippen LogP contribution in [0.3, 0.4) is 0 Å². The van der Waals surface area contributed by atoms with Gasteiger partial charge >= 0.3 is 0 Å². The number of carbonyl (C=O) groups excluding carboxylic acids is 1. The Morgan fingerprint density at radius 1 is 1.06 bits per heavy atom. The van der Waals surface area contributed by atoms with E-state index in [1.165, 1.54) is 23.2 Å². The molecule has 1 fully saturated rings. The molecule has 1 aliphatic carbocycles. The molecule has 3 aromatic rings. The van der Waals surface area contributed by atoms with Gasteiger partial charge in [-0.2, -0.15) is 5.10 Å². The Morgan fingerprint density at radius 2 is 1.76 bits per heavy atom. The number of hydrogen-bond acceptors (Lipinski definition) is 4. The van der Waals surface area contributed by atoms with Gasteiger partial charge in [-0.1, -0.05) is 72.3 Å². The summed E-state index contributed by atoms with van der Waals surface area (Å²) < 4.78 is 0. The zero-order valence-corrected chi connectivity index (χ0v) is 19.1. The Balaban J connectivity index is 1.60. The van der Waals surface area contributed by atoms with Gasteiger partial charge in [-0.3, -0.25) is 14.9 Å². The third-order valence-corrected chi connectivity index (χ3v) is 6.71. The van der Waals surface area contributed by atoms with E-state index in [4.69, 9.17) is 16.7 Å². The highest BCUT2D eigenvalue weighted by molar-refractivity contribution is 6.34. The van der Waals surface area contributed by atoms with Crippen LogP contribution in [-0.4, -0.2) is 21.6 Å². The lowest BCUT2D eigenvalue weighted by atomic mass is 9.77. The van der Waals surface area contributed by atoms with E-state index in [2.05, 4.69) is 6.08 Å². The van der Waals surface area contributed by atoms with Gasteiger partial charge in [0.1, 0.15) is 0 Å². The summed E-state index contributed by atoms with van der Waals surface area (Å²) in [7, 11) is 0. The van der Waals surface area contributed by atoms with Gasteiger partial charge in [0, 0.05) is 18.1 Å². The fourth-order valence-electron chi connectivity index (χ4n) is 4.82. The number of nitrogens with zero attached hydrogens (tertiary/aromatic N) is 3. The number of hydrogen-bond donors (Lipinski definition) is 0. The highest BCUT2D eigenvalue weighted by Crippen LogP contribution is 2.45. The van der Waals surface area contributed by atoms with Crippen molar-refractivity contribution in [2.45, 2.75) is 25.3 Å². The maximum atomic E-state index is 13.7. The number of nitro benzene ring substituents is 1. The van der Waals surface area contributed by atoms with Crippen molar-refractivity contribution in [3.8, 4) is 0 Å². The third-order valence-electron chi connectivity index (χ3n) is 6.38. The Kier molecular flexibility index (Phi) is 5.99. The van der Waals surface area contributed by atoms with Gasteiger partial charge in [0.25, 0.3) is 11.6 Å². The Hall–Kier alpha value is -3.77. The number of rotatable bonds is 4. The van der Waals surface area contributed by atoms with Crippen LogP contribution in [0.1, 0.15) is 46.8 Å². The van der Waals surface area contributed by atoms with Crippen LogP contribution < -0.4 is 0 Å². The molecule has 2 aliphatic rings. The van der Waals surface area contributed by atoms with Crippen molar-refractivity contribution in [3.05, 3.63) is 116 Å². The van der Waals surface area contributed by atoms with Crippen molar-refractivity contribution in [2.24, 2.45) is 11.0 Å². The molecule has 5 rings (SSSR count). The maximum absolute atomic E-state index is 13.7. The van der Waals surface area contributed by atoms with E-state index in [0.717, 1.165) is 41.7 Å². The largest absolute Gasteiger partial charge is 0.276 e. The second kappa shape index (κ2) is 9.23. The first-order chi connectivity index (χ1) is 16.5. The Labute approximate surface area is 202 Å². The molecule has 0 radical (unpaired) electrons. The molecule has 0 N–H and O–H groups in total. The van der Waals surface area contributed by atoms with Crippen molar-refractivity contribution in [1.82, 2.24) is 5.01 Å². The lowest BCUT2D eigenvalue weighted by molar-refractivity contribution is -0.384. The first-order valence-corrected chi connectivity index (χ1v) is 11.6. The zero-order valence-electron chi connectivity index (χ0n) is 18.3. The number of carbonyl (C=O) groups is 1. The molecule has 1 heterocycles. The molecule has 1 aliphatic heterocycles. The van der Waals surface area contributed by atoms with Crippen LogP contribution in [0.15, 0.2) is 89.5 Å². The quantitative estimate of drug-likeness (QED) is 0.314. The van der Waals surface area contributed by atoms with Gasteiger partial charge in [-0.05, 0) is 48.1 Å². The fourth-order valence-corrected chi connectivity index (χ4v) is 5.01. The summed E-state index contributed by atoms with van der Waals surface area (Å²) in [5.74, 6) is -0.406. The second-order valence-electron chi connectivity index (χ2n) is 8.49. The van der Waals surface area contributed by atoms with E-state index in [1.807, 2.05) is 60.7 Å². The van der Waals surface area contributed by atoms with Crippen LogP contribution in [0.4, 0.5) is 5.69 Å². The van der Waals surface area contributed by atoms with Crippen molar-refractivity contribution < 1.29 is 9.72 Å². The van der Waals surface area contributed by atoms with Crippen molar-refractivity contribution >= 4 is 35.0 Å². The molecule has 170 valence electrons. The summed E-state index contributed by atoms with van der Waals surface area (Å²) in [6, 6.07) is 23.5. The second-order valence-corrected chi connectivity index (χ2v) is 8.90. The van der Waals surface area contributed by atoms with E-state index in [9.17, 15) is 14.9 Å². The van der Waals surface area contributed by atoms with Crippen molar-refractivity contribution in [2.75, 3.05) is 0 Å². The van der Waals surface area contributed by atoms with Crippen LogP contribution in [-0.2, 0) is 0 Å². The third kappa shape index (κ3) is 4.13. The number of fused-ring (bicyclic) bond motifs is 1. The van der Waals surface area contributed by atoms with E-state index in [0.29, 0.717) is 0 Å². The normalized spacial score (nSPS) is 20.7. The number of allylic oxidation sites excluding steroid dienone is 1. The van der Waals surface area contributed by atoms with Crippen LogP contribution in [0, 0.1) is 16.0 Å². The first kappa shape index (κ1) is 22.0. The predicted molar refractivity (Wildman–Crippen MR) is 133 cm³/mol. The number of hydrazone groups is 1. The molecule has 6 nitrogen and oxygen atoms in total. The highest BCUT2D eigenvalue weighted by Gasteiger charge is 2.44. The molecule has 1 amide bonds. The number of nitro groups is 1. The monoisotopic (exact) mass is 471 g/mol. The molecule has 0 spiro atoms. The highest BCUT2D eigenvalue weighted by atomic mass is 35.5. The lowest BCUT2D eigenvalue weighted by Crippen LogP contribution is -2.32. The molecule has 0 saturated heterocycles. The topological polar surface area (TPSA) is 75.8 Å². The van der Waals surface area contributed by atoms with Gasteiger partial charge in [0.15, 0.2) is 0 Å². The number of amides is 1. The van der Waals surface area contributed by atoms with Gasteiger partial charge < -0.3 is 0 Å². The molecule has 0 aromatic heterocycles. The molecule has 2 atom stereocenters. The molecule has 0 unspecified atom stereocenters. The predicted octanol–water partition coefficient (Wildman–Crippen LogP) is 6.69. The average molecular weight is 472 g/mol. The fraction of sp³-hybridized carbons (Fsp3) is 0.185. The maximum Gasteiger partial charge on any atom is 0.276 e. The van der Waals surface area contributed by atoms with Crippen LogP contribution in [0.25, 0.3) is 6.08 Å². The number of halogens is 1. The molecule has 34 heavy (non-hydrogen) atoms. The SMILES string of the molecule is O=C(c1cc([N+](=O)[O-])ccc1Cl)N1N=C2/C(=C/c3ccccc3)CCC[C@H]2[C@@H]1c1ccccc1. The zero-order chi connectivity index (χ0) is 23.7. The lowest BCUT2D eigenvalue weighted by Gasteiger charge is -2.29. The minimum atomic E-state index is -0.530. The van der Waals surface area contributed by atoms with E-state index < -0.39 is 10.8 Å². The minimum Gasteiger partial charge on any atom is -0.267 e. The summed E-state index contributed by atoms with van der Waals surface area (Å²) >= 11 is 6.33. The van der Waals surface area contributed by atoms with Gasteiger partial charge in [-0.15, -0.1) is 0 Å². The molecular formula is C27H22ClN3O3. The average Bonchev–Trinajstić information content (AvgIpc) is 3.26. The number of non-ortho nitro benzene ring substituents is 1. The Bertz CT molecular complexity index is 1310. The molecule has 7 heteroatoms. The smallest absolute Gasteiger partial charge is 0.267 e. The van der Waals surface area contributed by atoms with E-state index >= 15 is 0 Å². The van der Waals surface area contributed by atoms with Gasteiger partial charge in [-0.25, -0.2) is 5.01 Å². The van der Waals surface area contributed by atoms with Crippen LogP contribution >= 0.6 is 11.6 Å². The molecule has 1 saturated carbocycles. The molecule has 0 bridgehead atoms. The Morgan fingerprint density at radius 3 is 2.47 bits per heavy atom.